The number of aliphatic hydroxyl groups excluding tert-OH is 2. The van der Waals surface area contributed by atoms with Crippen molar-refractivity contribution < 1.29 is 34.2 Å². The minimum Gasteiger partial charge on any atom is -1.00 e. The number of benzene rings is 2. The van der Waals surface area contributed by atoms with Crippen LogP contribution >= 0.6 is 11.3 Å². The van der Waals surface area contributed by atoms with Crippen LogP contribution in [-0.2, 0) is 0 Å². The fourth-order valence-corrected chi connectivity index (χ4v) is 4.55. The first kappa shape index (κ1) is 24.0. The second kappa shape index (κ2) is 11.8. The molecule has 158 valence electrons. The van der Waals surface area contributed by atoms with Gasteiger partial charge >= 0.3 is 0 Å². The summed E-state index contributed by atoms with van der Waals surface area (Å²) in [6, 6.07) is 12.7. The first-order valence-electron chi connectivity index (χ1n) is 10.1. The van der Waals surface area contributed by atoms with Gasteiger partial charge in [-0.05, 0) is 24.3 Å². The maximum Gasteiger partial charge on any atom is 0.201 e. The molecule has 1 aromatic rings. The number of nitrogens with zero attached hydrogens (tertiary/aromatic N) is 3. The Morgan fingerprint density at radius 2 is 1.66 bits per heavy atom. The van der Waals surface area contributed by atoms with Crippen LogP contribution in [0, 0.1) is 0 Å². The molecule has 0 amide bonds. The minimum atomic E-state index is 0. The van der Waals surface area contributed by atoms with E-state index in [2.05, 4.69) is 42.7 Å². The number of halogens is 1. The molecule has 0 saturated carbocycles. The maximum absolute atomic E-state index is 9.31. The molecule has 0 saturated heterocycles. The van der Waals surface area contributed by atoms with Gasteiger partial charge in [-0.3, -0.25) is 0 Å². The van der Waals surface area contributed by atoms with E-state index in [1.165, 1.54) is 10.2 Å². The van der Waals surface area contributed by atoms with Crippen molar-refractivity contribution in [3.8, 4) is 10.6 Å². The quantitative estimate of drug-likeness (QED) is 0.230. The summed E-state index contributed by atoms with van der Waals surface area (Å²) in [7, 11) is 0. The van der Waals surface area contributed by atoms with Crippen LogP contribution in [0.1, 0.15) is 26.7 Å². The van der Waals surface area contributed by atoms with Gasteiger partial charge in [-0.15, -0.1) is 11.3 Å². The molecule has 0 fully saturated rings. The summed E-state index contributed by atoms with van der Waals surface area (Å²) in [4.78, 5) is 8.01. The van der Waals surface area contributed by atoms with Crippen LogP contribution in [0.5, 0.6) is 0 Å². The Balaban J connectivity index is 0.00000300. The van der Waals surface area contributed by atoms with Gasteiger partial charge in [0.25, 0.3) is 0 Å². The van der Waals surface area contributed by atoms with Crippen molar-refractivity contribution in [1.29, 1.82) is 0 Å². The molecule has 1 heterocycles. The summed E-state index contributed by atoms with van der Waals surface area (Å²) in [6.07, 6.45) is 2.26. The number of aromatic nitrogens is 1. The van der Waals surface area contributed by atoms with Gasteiger partial charge < -0.3 is 39.1 Å². The smallest absolute Gasteiger partial charge is 0.201 e. The second-order valence-corrected chi connectivity index (χ2v) is 8.02. The summed E-state index contributed by atoms with van der Waals surface area (Å²) >= 11 is 1.75. The maximum atomic E-state index is 9.31. The lowest BCUT2D eigenvalue weighted by molar-refractivity contribution is -0.00000798. The third kappa shape index (κ3) is 5.87. The van der Waals surface area contributed by atoms with Gasteiger partial charge in [0.2, 0.25) is 5.36 Å². The van der Waals surface area contributed by atoms with E-state index in [1.807, 2.05) is 17.0 Å². The highest BCUT2D eigenvalue weighted by Gasteiger charge is 2.12. The Hall–Kier alpha value is -1.29. The van der Waals surface area contributed by atoms with Gasteiger partial charge in [0.15, 0.2) is 0 Å². The van der Waals surface area contributed by atoms with E-state index in [0.717, 1.165) is 47.5 Å². The summed E-state index contributed by atoms with van der Waals surface area (Å²) in [6.45, 7) is 7.69. The molecule has 2 aliphatic rings. The Labute approximate surface area is 193 Å². The number of anilines is 1. The van der Waals surface area contributed by atoms with E-state index in [9.17, 15) is 10.2 Å². The molecule has 0 radical (unpaired) electrons. The topological polar surface area (TPSA) is 59.6 Å². The fourth-order valence-electron chi connectivity index (χ4n) is 3.52. The van der Waals surface area contributed by atoms with Crippen molar-refractivity contribution in [3.63, 3.8) is 0 Å². The van der Waals surface area contributed by atoms with Crippen LogP contribution in [0.2, 0.25) is 0 Å². The van der Waals surface area contributed by atoms with Crippen molar-refractivity contribution in [2.75, 3.05) is 44.3 Å². The number of hydrogen-bond donors (Lipinski definition) is 2. The zero-order chi connectivity index (χ0) is 19.9. The lowest BCUT2D eigenvalue weighted by Gasteiger charge is -2.23. The van der Waals surface area contributed by atoms with Crippen molar-refractivity contribution >= 4 is 27.2 Å². The van der Waals surface area contributed by atoms with Crippen molar-refractivity contribution in [2.45, 2.75) is 26.7 Å². The van der Waals surface area contributed by atoms with Crippen LogP contribution in [0.3, 0.4) is 0 Å². The lowest BCUT2D eigenvalue weighted by atomic mass is 10.2. The molecule has 0 aromatic heterocycles. The fraction of sp³-hybridized carbons (Fsp3) is 0.455. The molecule has 29 heavy (non-hydrogen) atoms. The third-order valence-corrected chi connectivity index (χ3v) is 5.90. The third-order valence-electron chi connectivity index (χ3n) is 4.80. The van der Waals surface area contributed by atoms with Gasteiger partial charge in [0, 0.05) is 43.8 Å². The molecule has 1 aliphatic carbocycles. The normalized spacial score (nSPS) is 10.9. The van der Waals surface area contributed by atoms with Gasteiger partial charge in [-0.25, -0.2) is 9.56 Å². The highest BCUT2D eigenvalue weighted by atomic mass is 127. The number of fused-ring (bicyclic) bond motifs is 2. The summed E-state index contributed by atoms with van der Waals surface area (Å²) in [5, 5.41) is 19.9. The highest BCUT2D eigenvalue weighted by Crippen LogP contribution is 2.31. The molecule has 1 aromatic carbocycles. The van der Waals surface area contributed by atoms with E-state index in [0.29, 0.717) is 13.1 Å². The first-order chi connectivity index (χ1) is 13.7. The van der Waals surface area contributed by atoms with Gasteiger partial charge in [0.1, 0.15) is 13.1 Å². The van der Waals surface area contributed by atoms with Crippen molar-refractivity contribution in [2.24, 2.45) is 0 Å². The van der Waals surface area contributed by atoms with Gasteiger partial charge in [-0.2, -0.15) is 0 Å². The predicted molar refractivity (Wildman–Crippen MR) is 118 cm³/mol. The molecule has 0 unspecified atom stereocenters. The average Bonchev–Trinajstić information content (AvgIpc) is 2.71. The average molecular weight is 527 g/mol. The molecular weight excluding hydrogens is 497 g/mol. The zero-order valence-corrected chi connectivity index (χ0v) is 20.1. The Morgan fingerprint density at radius 3 is 2.28 bits per heavy atom. The van der Waals surface area contributed by atoms with Crippen molar-refractivity contribution in [1.82, 2.24) is 9.56 Å². The lowest BCUT2D eigenvalue weighted by Crippen LogP contribution is -3.00. The summed E-state index contributed by atoms with van der Waals surface area (Å²) in [5.74, 6) is 0. The van der Waals surface area contributed by atoms with E-state index >= 15 is 0 Å². The van der Waals surface area contributed by atoms with Crippen molar-refractivity contribution in [3.05, 3.63) is 41.8 Å². The van der Waals surface area contributed by atoms with E-state index in [1.54, 1.807) is 11.3 Å². The van der Waals surface area contributed by atoms with Crippen LogP contribution in [0.15, 0.2) is 36.4 Å². The zero-order valence-electron chi connectivity index (χ0n) is 17.1. The van der Waals surface area contributed by atoms with Crippen LogP contribution in [0.25, 0.3) is 20.8 Å². The first-order valence-corrected chi connectivity index (χ1v) is 10.9. The van der Waals surface area contributed by atoms with E-state index < -0.39 is 0 Å². The van der Waals surface area contributed by atoms with E-state index in [-0.39, 0.29) is 37.2 Å². The largest absolute Gasteiger partial charge is 1.00 e. The SMILES string of the molecule is CCC[N+](CCC)=c1ccc2nc3ccc(N(CCO)CCO)cc3sc-2c1.[I-]. The Bertz CT molecular complexity index is 946. The standard InChI is InChI=1S/C22H30N3O2S.HI/c1-3-9-24(10-4-2)17-5-7-19-21(15-17)28-22-16-18(6-8-20(22)23-19)25(11-13-26)12-14-27;/h5-8,15-16,26-27H,3-4,9-14H2,1-2H3;1H/q+1;/p-1. The summed E-state index contributed by atoms with van der Waals surface area (Å²) in [5.41, 5.74) is 2.99. The molecule has 0 bridgehead atoms. The Kier molecular flexibility index (Phi) is 9.74. The molecule has 1 aliphatic heterocycles. The Morgan fingerprint density at radius 1 is 0.966 bits per heavy atom. The molecule has 0 atom stereocenters. The predicted octanol–water partition coefficient (Wildman–Crippen LogP) is -0.212. The number of hydrogen-bond acceptors (Lipinski definition) is 5. The number of aliphatic hydroxyl groups is 2. The van der Waals surface area contributed by atoms with E-state index in [4.69, 9.17) is 4.98 Å². The van der Waals surface area contributed by atoms with Crippen LogP contribution in [-0.4, -0.2) is 54.6 Å². The van der Waals surface area contributed by atoms with Crippen LogP contribution in [0.4, 0.5) is 5.69 Å². The van der Waals surface area contributed by atoms with Crippen LogP contribution < -0.4 is 38.8 Å². The van der Waals surface area contributed by atoms with Gasteiger partial charge in [0.05, 0.1) is 34.0 Å². The molecule has 3 rings (SSSR count). The summed E-state index contributed by atoms with van der Waals surface area (Å²) < 4.78 is 3.55. The molecule has 2 N–H and O–H groups in total. The monoisotopic (exact) mass is 527 g/mol. The minimum absolute atomic E-state index is 0. The molecular formula is C22H30IN3O2S. The van der Waals surface area contributed by atoms with Gasteiger partial charge in [-0.1, -0.05) is 13.8 Å². The molecule has 5 nitrogen and oxygen atoms in total. The molecule has 7 heteroatoms. The molecule has 0 spiro atoms. The second-order valence-electron chi connectivity index (χ2n) is 6.94. The highest BCUT2D eigenvalue weighted by molar-refractivity contribution is 7.21. The number of rotatable bonds is 9.